The molecule has 0 N–H and O–H groups in total. The first-order valence-electron chi connectivity index (χ1n) is 23.0. The van der Waals surface area contributed by atoms with Crippen molar-refractivity contribution in [1.82, 2.24) is 0 Å². The molecular weight excluding hydrogens is 771 g/mol. The van der Waals surface area contributed by atoms with Crippen LogP contribution in [-0.4, -0.2) is 0 Å². The lowest BCUT2D eigenvalue weighted by molar-refractivity contribution is 0.652. The molecule has 1 nitrogen and oxygen atoms in total. The minimum Gasteiger partial charge on any atom is -0.310 e. The molecule has 0 bridgehead atoms. The Morgan fingerprint density at radius 3 is 1.73 bits per heavy atom. The van der Waals surface area contributed by atoms with Crippen LogP contribution in [0.3, 0.4) is 0 Å². The molecule has 3 aliphatic rings. The Morgan fingerprint density at radius 2 is 1.00 bits per heavy atom. The van der Waals surface area contributed by atoms with E-state index < -0.39 is 0 Å². The number of hydrogen-bond acceptors (Lipinski definition) is 1. The molecule has 0 aromatic heterocycles. The lowest BCUT2D eigenvalue weighted by atomic mass is 9.79. The highest BCUT2D eigenvalue weighted by atomic mass is 15.1. The van der Waals surface area contributed by atoms with Gasteiger partial charge in [-0.1, -0.05) is 185 Å². The first-order valence-corrected chi connectivity index (χ1v) is 23.0. The van der Waals surface area contributed by atoms with Crippen LogP contribution in [0.15, 0.2) is 182 Å². The van der Waals surface area contributed by atoms with Crippen LogP contribution in [0.4, 0.5) is 17.1 Å². The molecule has 0 amide bonds. The number of para-hydroxylation sites is 1. The number of rotatable bonds is 3. The van der Waals surface area contributed by atoms with Gasteiger partial charge in [-0.05, 0) is 158 Å². The molecule has 0 radical (unpaired) electrons. The van der Waals surface area contributed by atoms with Crippen LogP contribution in [0.2, 0.25) is 0 Å². The molecule has 0 spiro atoms. The maximum Gasteiger partial charge on any atom is 0.0536 e. The van der Waals surface area contributed by atoms with E-state index in [1.807, 2.05) is 18.2 Å². The topological polar surface area (TPSA) is 3.24 Å². The summed E-state index contributed by atoms with van der Waals surface area (Å²) < 4.78 is 0. The molecule has 0 unspecified atom stereocenters. The molecule has 9 aromatic rings. The molecular formula is C63H57N. The average molecular weight is 828 g/mol. The van der Waals surface area contributed by atoms with Gasteiger partial charge >= 0.3 is 0 Å². The van der Waals surface area contributed by atoms with Crippen LogP contribution in [0, 0.1) is 20.8 Å². The van der Waals surface area contributed by atoms with Crippen LogP contribution in [0.25, 0.3) is 56.0 Å². The highest BCUT2D eigenvalue weighted by Gasteiger charge is 2.42. The fourth-order valence-electron chi connectivity index (χ4n) is 10.7. The fourth-order valence-corrected chi connectivity index (χ4v) is 10.7. The third kappa shape index (κ3) is 7.05. The van der Waals surface area contributed by atoms with E-state index in [4.69, 9.17) is 0 Å². The Kier molecular flexibility index (Phi) is 10.5. The highest BCUT2D eigenvalue weighted by Crippen LogP contribution is 2.58. The largest absolute Gasteiger partial charge is 0.310 e. The Morgan fingerprint density at radius 1 is 0.406 bits per heavy atom. The molecule has 12 rings (SSSR count). The molecule has 64 heavy (non-hydrogen) atoms. The smallest absolute Gasteiger partial charge is 0.0536 e. The minimum absolute atomic E-state index is 0.0641. The van der Waals surface area contributed by atoms with E-state index >= 15 is 0 Å². The lowest BCUT2D eigenvalue weighted by Gasteiger charge is -2.29. The summed E-state index contributed by atoms with van der Waals surface area (Å²) in [5, 5.41) is 8.08. The van der Waals surface area contributed by atoms with Gasteiger partial charge in [-0.15, -0.1) is 0 Å². The van der Waals surface area contributed by atoms with Crippen molar-refractivity contribution in [2.24, 2.45) is 0 Å². The lowest BCUT2D eigenvalue weighted by Crippen LogP contribution is -2.32. The van der Waals surface area contributed by atoms with E-state index in [0.29, 0.717) is 0 Å². The van der Waals surface area contributed by atoms with E-state index in [-0.39, 0.29) is 10.8 Å². The van der Waals surface area contributed by atoms with Gasteiger partial charge in [-0.3, -0.25) is 0 Å². The summed E-state index contributed by atoms with van der Waals surface area (Å²) in [7, 11) is 0. The second-order valence-corrected chi connectivity index (χ2v) is 19.0. The van der Waals surface area contributed by atoms with Gasteiger partial charge in [0.15, 0.2) is 0 Å². The number of benzene rings is 9. The van der Waals surface area contributed by atoms with Gasteiger partial charge in [0.25, 0.3) is 0 Å². The zero-order valence-electron chi connectivity index (χ0n) is 38.3. The van der Waals surface area contributed by atoms with Crippen LogP contribution in [-0.2, 0) is 10.8 Å². The summed E-state index contributed by atoms with van der Waals surface area (Å²) in [4.78, 5) is 2.46. The monoisotopic (exact) mass is 827 g/mol. The number of fused-ring (bicyclic) bond motifs is 10. The Labute approximate surface area is 379 Å². The third-order valence-electron chi connectivity index (χ3n) is 14.1. The standard InChI is InChI=1S/C45H39N.C11H10.C7H8/c1-28-24-41-43(35-20-12-11-18-32(28)35)37-27-39-36(26-40(37)45(41,4)5)34-23-22-31(25-38(34)44(39,2)3)46(30-16-7-6-8-17-30)42-21-13-15-29-14-9-10-19-33(29)42;1-9-5-4-7-10-6-2-3-8-11(9)10;1-7-5-3-2-4-6-7/h6-8,11-27H,9-10H2,1-5H3;2-8H,1H3;2-6H,1H3. The van der Waals surface area contributed by atoms with Gasteiger partial charge in [0, 0.05) is 27.4 Å². The van der Waals surface area contributed by atoms with E-state index in [9.17, 15) is 0 Å². The van der Waals surface area contributed by atoms with E-state index in [1.165, 1.54) is 110 Å². The predicted octanol–water partition coefficient (Wildman–Crippen LogP) is 15.7. The van der Waals surface area contributed by atoms with Crippen molar-refractivity contribution in [3.05, 3.63) is 231 Å². The van der Waals surface area contributed by atoms with Crippen LogP contribution < -0.4 is 15.3 Å². The Bertz CT molecular complexity index is 3350. The van der Waals surface area contributed by atoms with Gasteiger partial charge in [-0.25, -0.2) is 0 Å². The van der Waals surface area contributed by atoms with Crippen molar-refractivity contribution in [3.63, 3.8) is 0 Å². The number of hydrogen-bond donors (Lipinski definition) is 0. The van der Waals surface area contributed by atoms with Crippen molar-refractivity contribution in [2.75, 3.05) is 4.90 Å². The van der Waals surface area contributed by atoms with Crippen molar-refractivity contribution < 1.29 is 0 Å². The normalized spacial score (nSPS) is 14.2. The molecule has 3 aliphatic carbocycles. The van der Waals surface area contributed by atoms with Gasteiger partial charge in [0.05, 0.1) is 5.69 Å². The van der Waals surface area contributed by atoms with Crippen molar-refractivity contribution in [2.45, 2.75) is 72.1 Å². The van der Waals surface area contributed by atoms with E-state index in [2.05, 4.69) is 229 Å². The summed E-state index contributed by atoms with van der Waals surface area (Å²) >= 11 is 0. The zero-order valence-corrected chi connectivity index (χ0v) is 38.3. The summed E-state index contributed by atoms with van der Waals surface area (Å²) in [5.74, 6) is 0. The molecule has 0 saturated heterocycles. The molecule has 1 heteroatoms. The second kappa shape index (κ2) is 16.3. The summed E-state index contributed by atoms with van der Waals surface area (Å²) in [5.41, 5.74) is 18.8. The summed E-state index contributed by atoms with van der Waals surface area (Å²) in [6.45, 7) is 16.1. The molecule has 0 aliphatic heterocycles. The Balaban J connectivity index is 0.000000222. The molecule has 0 heterocycles. The fraction of sp³-hybridized carbons (Fsp3) is 0.175. The number of anilines is 3. The van der Waals surface area contributed by atoms with Crippen molar-refractivity contribution in [1.29, 1.82) is 0 Å². The minimum atomic E-state index is -0.137. The molecule has 9 aromatic carbocycles. The predicted molar refractivity (Wildman–Crippen MR) is 276 cm³/mol. The summed E-state index contributed by atoms with van der Waals surface area (Å²) in [6, 6.07) is 66.4. The molecule has 0 atom stereocenters. The molecule has 0 saturated carbocycles. The second-order valence-electron chi connectivity index (χ2n) is 19.0. The van der Waals surface area contributed by atoms with Crippen LogP contribution in [0.5, 0.6) is 0 Å². The van der Waals surface area contributed by atoms with Gasteiger partial charge < -0.3 is 4.90 Å². The average Bonchev–Trinajstić information content (AvgIpc) is 3.68. The van der Waals surface area contributed by atoms with Gasteiger partial charge in [0.1, 0.15) is 0 Å². The van der Waals surface area contributed by atoms with E-state index in [1.54, 1.807) is 0 Å². The number of nitrogens with zero attached hydrogens (tertiary/aromatic N) is 1. The van der Waals surface area contributed by atoms with E-state index in [0.717, 1.165) is 12.8 Å². The Hall–Kier alpha value is -6.96. The van der Waals surface area contributed by atoms with Gasteiger partial charge in [-0.2, -0.15) is 0 Å². The maximum absolute atomic E-state index is 2.55. The number of aryl methyl sites for hydroxylation is 3. The summed E-state index contributed by atoms with van der Waals surface area (Å²) in [6.07, 6.45) is 6.99. The zero-order chi connectivity index (χ0) is 44.2. The quantitative estimate of drug-likeness (QED) is 0.171. The first kappa shape index (κ1) is 41.1. The molecule has 314 valence electrons. The highest BCUT2D eigenvalue weighted by molar-refractivity contribution is 6.05. The van der Waals surface area contributed by atoms with Crippen molar-refractivity contribution >= 4 is 50.8 Å². The van der Waals surface area contributed by atoms with Crippen LogP contribution in [0.1, 0.15) is 79.5 Å². The molecule has 0 fully saturated rings. The first-order chi connectivity index (χ1) is 31.0. The van der Waals surface area contributed by atoms with Crippen LogP contribution >= 0.6 is 0 Å². The van der Waals surface area contributed by atoms with Gasteiger partial charge in [0.2, 0.25) is 0 Å². The third-order valence-corrected chi connectivity index (χ3v) is 14.1. The SMILES string of the molecule is Cc1cc2c(c3ccccc13)-c1cc3c(cc1C2(C)C)-c1ccc(N(c2ccccc2)c2cccc4c2=CCCC=4)cc1C3(C)C.Cc1cccc2ccccc12.Cc1ccccc1. The van der Waals surface area contributed by atoms with Crippen molar-refractivity contribution in [3.8, 4) is 22.3 Å². The maximum atomic E-state index is 2.55.